The molecule has 0 spiro atoms. The lowest BCUT2D eigenvalue weighted by atomic mass is 10.2. The summed E-state index contributed by atoms with van der Waals surface area (Å²) in [7, 11) is 0. The first-order valence-corrected chi connectivity index (χ1v) is 5.60. The van der Waals surface area contributed by atoms with E-state index in [0.717, 1.165) is 29.8 Å². The maximum atomic E-state index is 9.19. The fourth-order valence-electron chi connectivity index (χ4n) is 1.88. The fourth-order valence-corrected chi connectivity index (χ4v) is 2.22. The van der Waals surface area contributed by atoms with Crippen LogP contribution in [-0.2, 0) is 0 Å². The van der Waals surface area contributed by atoms with E-state index in [1.807, 2.05) is 18.2 Å². The molecule has 0 bridgehead atoms. The zero-order chi connectivity index (χ0) is 9.97. The number of hydrogen-bond donors (Lipinski definition) is 1. The second-order valence-corrected chi connectivity index (χ2v) is 4.30. The van der Waals surface area contributed by atoms with Crippen LogP contribution in [0.1, 0.15) is 12.8 Å². The number of aliphatic hydroxyl groups excluding tert-OH is 1. The number of rotatable bonds is 2. The van der Waals surface area contributed by atoms with Crippen molar-refractivity contribution >= 4 is 21.7 Å². The lowest BCUT2D eigenvalue weighted by Gasteiger charge is -2.23. The highest BCUT2D eigenvalue weighted by atomic mass is 79.9. The summed E-state index contributed by atoms with van der Waals surface area (Å²) in [6.07, 6.45) is 2.20. The minimum atomic E-state index is 0.216. The number of nitrogens with zero attached hydrogens (tertiary/aromatic N) is 2. The predicted molar refractivity (Wildman–Crippen MR) is 59.4 cm³/mol. The molecule has 1 aliphatic heterocycles. The molecule has 76 valence electrons. The molecule has 2 rings (SSSR count). The summed E-state index contributed by atoms with van der Waals surface area (Å²) < 4.78 is 0.846. The van der Waals surface area contributed by atoms with Crippen molar-refractivity contribution in [2.24, 2.45) is 0 Å². The topological polar surface area (TPSA) is 36.4 Å². The first-order valence-electron chi connectivity index (χ1n) is 4.81. The van der Waals surface area contributed by atoms with Gasteiger partial charge in [0.15, 0.2) is 0 Å². The van der Waals surface area contributed by atoms with Crippen LogP contribution in [0.4, 0.5) is 5.82 Å². The minimum absolute atomic E-state index is 0.216. The van der Waals surface area contributed by atoms with E-state index in [2.05, 4.69) is 25.8 Å². The van der Waals surface area contributed by atoms with Gasteiger partial charge in [-0.1, -0.05) is 6.07 Å². The number of pyridine rings is 1. The van der Waals surface area contributed by atoms with Crippen molar-refractivity contribution in [2.45, 2.75) is 18.9 Å². The van der Waals surface area contributed by atoms with E-state index in [-0.39, 0.29) is 12.6 Å². The second kappa shape index (κ2) is 4.28. The Morgan fingerprint density at radius 3 is 3.14 bits per heavy atom. The van der Waals surface area contributed by atoms with Crippen LogP contribution in [0.2, 0.25) is 0 Å². The maximum Gasteiger partial charge on any atom is 0.130 e. The normalized spacial score (nSPS) is 21.6. The van der Waals surface area contributed by atoms with Gasteiger partial charge in [0.05, 0.1) is 12.6 Å². The standard InChI is InChI=1S/C10H13BrN2O/c11-9-4-1-5-10(12-9)13-6-2-3-8(13)7-14/h1,4-5,8,14H,2-3,6-7H2. The molecule has 4 heteroatoms. The third-order valence-electron chi connectivity index (χ3n) is 2.58. The van der Waals surface area contributed by atoms with Gasteiger partial charge in [0.2, 0.25) is 0 Å². The Balaban J connectivity index is 2.21. The molecule has 1 aromatic heterocycles. The number of hydrogen-bond acceptors (Lipinski definition) is 3. The summed E-state index contributed by atoms with van der Waals surface area (Å²) in [5.41, 5.74) is 0. The Bertz CT molecular complexity index is 319. The van der Waals surface area contributed by atoms with E-state index in [4.69, 9.17) is 0 Å². The minimum Gasteiger partial charge on any atom is -0.394 e. The Hall–Kier alpha value is -0.610. The molecule has 0 aliphatic carbocycles. The van der Waals surface area contributed by atoms with Crippen molar-refractivity contribution in [2.75, 3.05) is 18.1 Å². The number of halogens is 1. The molecule has 0 aromatic carbocycles. The molecule has 0 radical (unpaired) electrons. The Kier molecular flexibility index (Phi) is 3.03. The van der Waals surface area contributed by atoms with Crippen molar-refractivity contribution in [3.63, 3.8) is 0 Å². The molecule has 1 unspecified atom stereocenters. The quantitative estimate of drug-likeness (QED) is 0.821. The average molecular weight is 257 g/mol. The van der Waals surface area contributed by atoms with Crippen molar-refractivity contribution in [3.05, 3.63) is 22.8 Å². The van der Waals surface area contributed by atoms with E-state index >= 15 is 0 Å². The molecule has 1 fully saturated rings. The lowest BCUT2D eigenvalue weighted by Crippen LogP contribution is -2.32. The summed E-state index contributed by atoms with van der Waals surface area (Å²) in [5.74, 6) is 0.955. The molecule has 1 N–H and O–H groups in total. The zero-order valence-electron chi connectivity index (χ0n) is 7.86. The molecule has 2 heterocycles. The molecule has 3 nitrogen and oxygen atoms in total. The van der Waals surface area contributed by atoms with Crippen LogP contribution in [0.5, 0.6) is 0 Å². The first-order chi connectivity index (χ1) is 6.81. The molecule has 1 atom stereocenters. The molecule has 0 saturated carbocycles. The van der Waals surface area contributed by atoms with Gasteiger partial charge >= 0.3 is 0 Å². The summed E-state index contributed by atoms with van der Waals surface area (Å²) in [4.78, 5) is 6.56. The van der Waals surface area contributed by atoms with Crippen LogP contribution >= 0.6 is 15.9 Å². The second-order valence-electron chi connectivity index (χ2n) is 3.49. The maximum absolute atomic E-state index is 9.19. The van der Waals surface area contributed by atoms with Crippen molar-refractivity contribution in [1.29, 1.82) is 0 Å². The van der Waals surface area contributed by atoms with Gasteiger partial charge in [-0.15, -0.1) is 0 Å². The smallest absolute Gasteiger partial charge is 0.130 e. The largest absolute Gasteiger partial charge is 0.394 e. The molecule has 1 aromatic rings. The third kappa shape index (κ3) is 1.91. The highest BCUT2D eigenvalue weighted by Crippen LogP contribution is 2.24. The average Bonchev–Trinajstić information content (AvgIpc) is 2.65. The van der Waals surface area contributed by atoms with Gasteiger partial charge in [-0.2, -0.15) is 0 Å². The van der Waals surface area contributed by atoms with Gasteiger partial charge in [0.1, 0.15) is 10.4 Å². The summed E-state index contributed by atoms with van der Waals surface area (Å²) in [6, 6.07) is 6.11. The number of anilines is 1. The van der Waals surface area contributed by atoms with Crippen LogP contribution in [0.15, 0.2) is 22.8 Å². The number of aromatic nitrogens is 1. The van der Waals surface area contributed by atoms with E-state index in [0.29, 0.717) is 0 Å². The van der Waals surface area contributed by atoms with Crippen molar-refractivity contribution in [1.82, 2.24) is 4.98 Å². The Morgan fingerprint density at radius 1 is 1.57 bits per heavy atom. The SMILES string of the molecule is OCC1CCCN1c1cccc(Br)n1. The highest BCUT2D eigenvalue weighted by Gasteiger charge is 2.24. The van der Waals surface area contributed by atoms with Gasteiger partial charge in [-0.05, 0) is 40.9 Å². The molecule has 1 aliphatic rings. The van der Waals surface area contributed by atoms with Crippen molar-refractivity contribution in [3.8, 4) is 0 Å². The van der Waals surface area contributed by atoms with Gasteiger partial charge in [0, 0.05) is 6.54 Å². The van der Waals surface area contributed by atoms with Crippen LogP contribution in [0.25, 0.3) is 0 Å². The zero-order valence-corrected chi connectivity index (χ0v) is 9.44. The van der Waals surface area contributed by atoms with Gasteiger partial charge < -0.3 is 10.0 Å². The van der Waals surface area contributed by atoms with E-state index in [1.165, 1.54) is 0 Å². The van der Waals surface area contributed by atoms with Gasteiger partial charge in [-0.25, -0.2) is 4.98 Å². The summed E-state index contributed by atoms with van der Waals surface area (Å²) in [6.45, 7) is 1.21. The van der Waals surface area contributed by atoms with Crippen LogP contribution in [-0.4, -0.2) is 29.3 Å². The van der Waals surface area contributed by atoms with Crippen LogP contribution in [0.3, 0.4) is 0 Å². The summed E-state index contributed by atoms with van der Waals surface area (Å²) in [5, 5.41) is 9.19. The van der Waals surface area contributed by atoms with E-state index in [9.17, 15) is 5.11 Å². The third-order valence-corrected chi connectivity index (χ3v) is 3.02. The highest BCUT2D eigenvalue weighted by molar-refractivity contribution is 9.10. The van der Waals surface area contributed by atoms with Crippen LogP contribution < -0.4 is 4.90 Å². The Morgan fingerprint density at radius 2 is 2.43 bits per heavy atom. The molecule has 14 heavy (non-hydrogen) atoms. The van der Waals surface area contributed by atoms with Crippen LogP contribution in [0, 0.1) is 0 Å². The van der Waals surface area contributed by atoms with E-state index < -0.39 is 0 Å². The first kappa shape index (κ1) is 9.93. The number of aliphatic hydroxyl groups is 1. The van der Waals surface area contributed by atoms with E-state index in [1.54, 1.807) is 0 Å². The monoisotopic (exact) mass is 256 g/mol. The van der Waals surface area contributed by atoms with Gasteiger partial charge in [0.25, 0.3) is 0 Å². The fraction of sp³-hybridized carbons (Fsp3) is 0.500. The summed E-state index contributed by atoms with van der Waals surface area (Å²) >= 11 is 3.35. The van der Waals surface area contributed by atoms with Crippen molar-refractivity contribution < 1.29 is 5.11 Å². The lowest BCUT2D eigenvalue weighted by molar-refractivity contribution is 0.266. The molecular formula is C10H13BrN2O. The van der Waals surface area contributed by atoms with Gasteiger partial charge in [-0.3, -0.25) is 0 Å². The predicted octanol–water partition coefficient (Wildman–Crippen LogP) is 1.81. The molecular weight excluding hydrogens is 244 g/mol. The Labute approximate surface area is 91.9 Å². The molecule has 0 amide bonds. The molecule has 1 saturated heterocycles.